The highest BCUT2D eigenvalue weighted by molar-refractivity contribution is 5.48. The van der Waals surface area contributed by atoms with Crippen molar-refractivity contribution in [1.82, 2.24) is 5.32 Å². The normalized spacial score (nSPS) is 15.1. The number of benzene rings is 1. The first-order valence-electron chi connectivity index (χ1n) is 7.31. The summed E-state index contributed by atoms with van der Waals surface area (Å²) in [4.78, 5) is 2.37. The predicted octanol–water partition coefficient (Wildman–Crippen LogP) is 4.23. The molecule has 0 amide bonds. The van der Waals surface area contributed by atoms with Gasteiger partial charge in [-0.3, -0.25) is 0 Å². The molecule has 0 saturated carbocycles. The molecule has 0 aliphatic carbocycles. The lowest BCUT2D eigenvalue weighted by atomic mass is 9.87. The van der Waals surface area contributed by atoms with Crippen molar-refractivity contribution in [3.63, 3.8) is 0 Å². The molecule has 0 radical (unpaired) electrons. The number of anilines is 1. The van der Waals surface area contributed by atoms with E-state index in [0.717, 1.165) is 6.42 Å². The Balaban J connectivity index is 2.87. The van der Waals surface area contributed by atoms with Crippen molar-refractivity contribution < 1.29 is 0 Å². The highest BCUT2D eigenvalue weighted by atomic mass is 15.1. The Bertz CT molecular complexity index is 371. The third kappa shape index (κ3) is 3.97. The van der Waals surface area contributed by atoms with Gasteiger partial charge in [-0.05, 0) is 43.5 Å². The van der Waals surface area contributed by atoms with E-state index in [4.69, 9.17) is 0 Å². The zero-order valence-corrected chi connectivity index (χ0v) is 13.6. The van der Waals surface area contributed by atoms with Crippen LogP contribution < -0.4 is 10.2 Å². The van der Waals surface area contributed by atoms with Crippen LogP contribution in [0.5, 0.6) is 0 Å². The molecule has 2 nitrogen and oxygen atoms in total. The van der Waals surface area contributed by atoms with Crippen molar-refractivity contribution in [1.29, 1.82) is 0 Å². The fraction of sp³-hybridized carbons (Fsp3) is 0.647. The minimum atomic E-state index is 0.282. The predicted molar refractivity (Wildman–Crippen MR) is 85.9 cm³/mol. The summed E-state index contributed by atoms with van der Waals surface area (Å²) < 4.78 is 0. The standard InChI is InChI=1S/C17H30N2/c1-8-16(18-6)14-9-11-15(12-10-14)19(7)13(2)17(3,4)5/h9-13,16,18H,8H2,1-7H3. The van der Waals surface area contributed by atoms with Crippen LogP contribution in [0.2, 0.25) is 0 Å². The SMILES string of the molecule is CCC(NC)c1ccc(N(C)C(C)C(C)(C)C)cc1. The van der Waals surface area contributed by atoms with Crippen LogP contribution in [0.15, 0.2) is 24.3 Å². The van der Waals surface area contributed by atoms with Crippen LogP contribution in [-0.4, -0.2) is 20.1 Å². The fourth-order valence-electron chi connectivity index (χ4n) is 2.35. The van der Waals surface area contributed by atoms with Gasteiger partial charge in [-0.15, -0.1) is 0 Å². The second kappa shape index (κ2) is 6.42. The van der Waals surface area contributed by atoms with Crippen LogP contribution >= 0.6 is 0 Å². The van der Waals surface area contributed by atoms with Crippen LogP contribution in [0.3, 0.4) is 0 Å². The Labute approximate surface area is 119 Å². The van der Waals surface area contributed by atoms with Crippen LogP contribution in [-0.2, 0) is 0 Å². The maximum Gasteiger partial charge on any atom is 0.0366 e. The monoisotopic (exact) mass is 262 g/mol. The zero-order valence-electron chi connectivity index (χ0n) is 13.6. The quantitative estimate of drug-likeness (QED) is 0.854. The van der Waals surface area contributed by atoms with Crippen molar-refractivity contribution in [2.75, 3.05) is 19.0 Å². The lowest BCUT2D eigenvalue weighted by Gasteiger charge is -2.37. The second-order valence-corrected chi connectivity index (χ2v) is 6.49. The second-order valence-electron chi connectivity index (χ2n) is 6.49. The number of rotatable bonds is 5. The molecule has 0 spiro atoms. The van der Waals surface area contributed by atoms with Crippen molar-refractivity contribution in [3.8, 4) is 0 Å². The Morgan fingerprint density at radius 1 is 1.16 bits per heavy atom. The molecule has 1 rings (SSSR count). The molecule has 2 atom stereocenters. The van der Waals surface area contributed by atoms with Crippen LogP contribution in [0, 0.1) is 5.41 Å². The molecule has 1 aromatic rings. The Hall–Kier alpha value is -1.02. The summed E-state index contributed by atoms with van der Waals surface area (Å²) in [6.07, 6.45) is 1.12. The minimum absolute atomic E-state index is 0.282. The molecule has 2 unspecified atom stereocenters. The maximum atomic E-state index is 3.35. The number of nitrogens with zero attached hydrogens (tertiary/aromatic N) is 1. The molecule has 108 valence electrons. The third-order valence-corrected chi connectivity index (χ3v) is 4.29. The van der Waals surface area contributed by atoms with Gasteiger partial charge in [0.15, 0.2) is 0 Å². The molecule has 2 heteroatoms. The first-order valence-corrected chi connectivity index (χ1v) is 7.31. The van der Waals surface area contributed by atoms with E-state index in [2.05, 4.69) is 76.1 Å². The molecule has 19 heavy (non-hydrogen) atoms. The molecule has 0 aliphatic heterocycles. The van der Waals surface area contributed by atoms with Gasteiger partial charge >= 0.3 is 0 Å². The Kier molecular flexibility index (Phi) is 5.42. The average molecular weight is 262 g/mol. The van der Waals surface area contributed by atoms with E-state index in [1.165, 1.54) is 11.3 Å². The minimum Gasteiger partial charge on any atom is -0.371 e. The van der Waals surface area contributed by atoms with E-state index in [1.54, 1.807) is 0 Å². The first kappa shape index (κ1) is 16.0. The molecular formula is C17H30N2. The summed E-state index contributed by atoms with van der Waals surface area (Å²) in [7, 11) is 4.20. The van der Waals surface area contributed by atoms with Gasteiger partial charge in [-0.2, -0.15) is 0 Å². The zero-order chi connectivity index (χ0) is 14.6. The molecule has 1 aromatic carbocycles. The molecule has 0 bridgehead atoms. The van der Waals surface area contributed by atoms with Crippen LogP contribution in [0.1, 0.15) is 52.6 Å². The summed E-state index contributed by atoms with van der Waals surface area (Å²) in [6.45, 7) is 11.4. The molecule has 0 fully saturated rings. The van der Waals surface area contributed by atoms with Gasteiger partial charge < -0.3 is 10.2 Å². The largest absolute Gasteiger partial charge is 0.371 e. The highest BCUT2D eigenvalue weighted by Gasteiger charge is 2.24. The van der Waals surface area contributed by atoms with E-state index in [1.807, 2.05) is 7.05 Å². The topological polar surface area (TPSA) is 15.3 Å². The number of hydrogen-bond donors (Lipinski definition) is 1. The van der Waals surface area contributed by atoms with Crippen molar-refractivity contribution >= 4 is 5.69 Å². The van der Waals surface area contributed by atoms with Crippen LogP contribution in [0.4, 0.5) is 5.69 Å². The summed E-state index contributed by atoms with van der Waals surface area (Å²) in [5.41, 5.74) is 2.94. The smallest absolute Gasteiger partial charge is 0.0366 e. The molecule has 1 N–H and O–H groups in total. The molecule has 0 saturated heterocycles. The van der Waals surface area contributed by atoms with Gasteiger partial charge in [0.1, 0.15) is 0 Å². The Morgan fingerprint density at radius 3 is 2.05 bits per heavy atom. The Morgan fingerprint density at radius 2 is 1.68 bits per heavy atom. The summed E-state index contributed by atoms with van der Waals surface area (Å²) in [5.74, 6) is 0. The average Bonchev–Trinajstić information content (AvgIpc) is 2.38. The van der Waals surface area contributed by atoms with Gasteiger partial charge in [0.25, 0.3) is 0 Å². The molecule has 0 heterocycles. The molecule has 0 aromatic heterocycles. The van der Waals surface area contributed by atoms with Gasteiger partial charge in [-0.25, -0.2) is 0 Å². The third-order valence-electron chi connectivity index (χ3n) is 4.29. The fourth-order valence-corrected chi connectivity index (χ4v) is 2.35. The summed E-state index contributed by atoms with van der Waals surface area (Å²) in [5, 5.41) is 3.35. The van der Waals surface area contributed by atoms with Crippen LogP contribution in [0.25, 0.3) is 0 Å². The van der Waals surface area contributed by atoms with E-state index in [0.29, 0.717) is 12.1 Å². The molecular weight excluding hydrogens is 232 g/mol. The van der Waals surface area contributed by atoms with Crippen molar-refractivity contribution in [2.24, 2.45) is 5.41 Å². The lowest BCUT2D eigenvalue weighted by molar-refractivity contribution is 0.330. The first-order chi connectivity index (χ1) is 8.81. The number of hydrogen-bond acceptors (Lipinski definition) is 2. The van der Waals surface area contributed by atoms with E-state index < -0.39 is 0 Å². The maximum absolute atomic E-state index is 3.35. The highest BCUT2D eigenvalue weighted by Crippen LogP contribution is 2.28. The van der Waals surface area contributed by atoms with Gasteiger partial charge in [0.05, 0.1) is 0 Å². The van der Waals surface area contributed by atoms with Crippen molar-refractivity contribution in [3.05, 3.63) is 29.8 Å². The number of nitrogens with one attached hydrogen (secondary N) is 1. The van der Waals surface area contributed by atoms with Crippen molar-refractivity contribution in [2.45, 2.75) is 53.1 Å². The lowest BCUT2D eigenvalue weighted by Crippen LogP contribution is -2.39. The van der Waals surface area contributed by atoms with E-state index in [-0.39, 0.29) is 5.41 Å². The molecule has 0 aliphatic rings. The summed E-state index contributed by atoms with van der Waals surface area (Å²) >= 11 is 0. The van der Waals surface area contributed by atoms with Gasteiger partial charge in [0.2, 0.25) is 0 Å². The van der Waals surface area contributed by atoms with E-state index in [9.17, 15) is 0 Å². The van der Waals surface area contributed by atoms with Gasteiger partial charge in [-0.1, -0.05) is 39.8 Å². The van der Waals surface area contributed by atoms with Gasteiger partial charge in [0, 0.05) is 24.8 Å². The summed E-state index contributed by atoms with van der Waals surface area (Å²) in [6, 6.07) is 9.91. The van der Waals surface area contributed by atoms with E-state index >= 15 is 0 Å².